The van der Waals surface area contributed by atoms with Crippen molar-refractivity contribution in [1.82, 2.24) is 15.0 Å². The normalized spacial score (nSPS) is 16.4. The number of rotatable bonds is 2. The van der Waals surface area contributed by atoms with Crippen molar-refractivity contribution in [3.63, 3.8) is 0 Å². The summed E-state index contributed by atoms with van der Waals surface area (Å²) in [6, 6.07) is 11.4. The molecule has 8 heteroatoms. The van der Waals surface area contributed by atoms with Crippen LogP contribution in [0, 0.1) is 6.92 Å². The molecule has 3 aromatic heterocycles. The first kappa shape index (κ1) is 21.0. The van der Waals surface area contributed by atoms with Crippen LogP contribution >= 0.6 is 15.9 Å². The van der Waals surface area contributed by atoms with Crippen molar-refractivity contribution in [2.75, 3.05) is 18.0 Å². The molecule has 0 saturated carbocycles. The summed E-state index contributed by atoms with van der Waals surface area (Å²) in [5, 5.41) is 1.43. The van der Waals surface area contributed by atoms with E-state index in [0.717, 1.165) is 10.9 Å². The number of pyridine rings is 3. The quantitative estimate of drug-likeness (QED) is 0.377. The largest absolute Gasteiger partial charge is 0.356 e. The second-order valence-electron chi connectivity index (χ2n) is 8.21. The van der Waals surface area contributed by atoms with Crippen molar-refractivity contribution in [2.24, 2.45) is 0 Å². The summed E-state index contributed by atoms with van der Waals surface area (Å²) in [4.78, 5) is 27.6. The zero-order valence-electron chi connectivity index (χ0n) is 17.5. The van der Waals surface area contributed by atoms with Crippen LogP contribution < -0.4 is 10.3 Å². The molecule has 0 aliphatic carbocycles. The predicted molar refractivity (Wildman–Crippen MR) is 127 cm³/mol. The van der Waals surface area contributed by atoms with Gasteiger partial charge in [-0.25, -0.2) is 13.8 Å². The Morgan fingerprint density at radius 3 is 2.81 bits per heavy atom. The molecule has 1 saturated heterocycles. The smallest absolute Gasteiger partial charge is 0.249 e. The van der Waals surface area contributed by atoms with Crippen LogP contribution in [0.3, 0.4) is 0 Å². The summed E-state index contributed by atoms with van der Waals surface area (Å²) in [6.07, 6.45) is 1.68. The molecule has 1 N–H and O–H groups in total. The standard InChI is InChI=1S/C24H21BrF2N4O/c1-14-19-18(7-10-28-14)29-21(20(25)22(19)32)16-13-15-5-2-3-6-17(15)30-23(16)31-11-4-8-24(26,27)9-12-31/h2-3,5-7,10,13H,4,8-9,11-12H2,1H3,(H,29,32). The number of halogens is 3. The minimum atomic E-state index is -2.67. The molecule has 1 aliphatic heterocycles. The van der Waals surface area contributed by atoms with Crippen LogP contribution in [0.25, 0.3) is 33.1 Å². The van der Waals surface area contributed by atoms with Crippen molar-refractivity contribution in [3.8, 4) is 11.3 Å². The van der Waals surface area contributed by atoms with Gasteiger partial charge in [0.05, 0.1) is 32.3 Å². The van der Waals surface area contributed by atoms with E-state index in [9.17, 15) is 13.6 Å². The molecule has 0 atom stereocenters. The average Bonchev–Trinajstić information content (AvgIpc) is 2.95. The molecule has 5 nitrogen and oxygen atoms in total. The lowest BCUT2D eigenvalue weighted by Crippen LogP contribution is -2.27. The third-order valence-electron chi connectivity index (χ3n) is 6.04. The lowest BCUT2D eigenvalue weighted by molar-refractivity contribution is -0.0102. The highest BCUT2D eigenvalue weighted by Crippen LogP contribution is 2.37. The Labute approximate surface area is 191 Å². The van der Waals surface area contributed by atoms with Gasteiger partial charge in [-0.1, -0.05) is 18.2 Å². The van der Waals surface area contributed by atoms with Gasteiger partial charge in [0.2, 0.25) is 11.4 Å². The fourth-order valence-electron chi connectivity index (χ4n) is 4.36. The van der Waals surface area contributed by atoms with E-state index >= 15 is 0 Å². The Morgan fingerprint density at radius 1 is 1.16 bits per heavy atom. The number of fused-ring (bicyclic) bond motifs is 2. The predicted octanol–water partition coefficient (Wildman–Crippen LogP) is 5.83. The number of aromatic nitrogens is 3. The number of aryl methyl sites for hydroxylation is 1. The van der Waals surface area contributed by atoms with Gasteiger partial charge in [-0.15, -0.1) is 0 Å². The summed E-state index contributed by atoms with van der Waals surface area (Å²) in [6.45, 7) is 2.47. The number of anilines is 1. The Kier molecular flexibility index (Phi) is 5.20. The second kappa shape index (κ2) is 7.92. The molecule has 32 heavy (non-hydrogen) atoms. The van der Waals surface area contributed by atoms with Crippen LogP contribution in [0.4, 0.5) is 14.6 Å². The van der Waals surface area contributed by atoms with Gasteiger partial charge in [0.15, 0.2) is 0 Å². The molecule has 4 heterocycles. The topological polar surface area (TPSA) is 61.9 Å². The van der Waals surface area contributed by atoms with Gasteiger partial charge in [-0.05, 0) is 47.5 Å². The van der Waals surface area contributed by atoms with Gasteiger partial charge in [0, 0.05) is 43.1 Å². The zero-order chi connectivity index (χ0) is 22.5. The molecule has 164 valence electrons. The van der Waals surface area contributed by atoms with Gasteiger partial charge in [-0.2, -0.15) is 0 Å². The van der Waals surface area contributed by atoms with Gasteiger partial charge in [0.25, 0.3) is 0 Å². The van der Waals surface area contributed by atoms with E-state index in [1.54, 1.807) is 19.2 Å². The number of benzene rings is 1. The van der Waals surface area contributed by atoms with E-state index in [1.165, 1.54) is 0 Å². The summed E-state index contributed by atoms with van der Waals surface area (Å²) >= 11 is 3.49. The molecule has 0 amide bonds. The van der Waals surface area contributed by atoms with E-state index in [4.69, 9.17) is 4.98 Å². The number of nitrogens with one attached hydrogen (secondary N) is 1. The van der Waals surface area contributed by atoms with E-state index in [2.05, 4.69) is 25.9 Å². The molecule has 1 aliphatic rings. The zero-order valence-corrected chi connectivity index (χ0v) is 19.0. The van der Waals surface area contributed by atoms with E-state index in [1.807, 2.05) is 35.2 Å². The Morgan fingerprint density at radius 2 is 1.97 bits per heavy atom. The summed E-state index contributed by atoms with van der Waals surface area (Å²) in [7, 11) is 0. The Balaban J connectivity index is 1.76. The first-order valence-corrected chi connectivity index (χ1v) is 11.3. The van der Waals surface area contributed by atoms with Crippen LogP contribution in [-0.2, 0) is 0 Å². The third kappa shape index (κ3) is 3.66. The second-order valence-corrected chi connectivity index (χ2v) is 9.00. The van der Waals surface area contributed by atoms with Gasteiger partial charge in [0.1, 0.15) is 5.82 Å². The van der Waals surface area contributed by atoms with Crippen molar-refractivity contribution in [2.45, 2.75) is 32.1 Å². The summed E-state index contributed by atoms with van der Waals surface area (Å²) in [5.74, 6) is -2.07. The average molecular weight is 499 g/mol. The van der Waals surface area contributed by atoms with E-state index < -0.39 is 5.92 Å². The molecule has 1 aromatic carbocycles. The fourth-order valence-corrected chi connectivity index (χ4v) is 4.87. The molecule has 4 aromatic rings. The van der Waals surface area contributed by atoms with E-state index in [-0.39, 0.29) is 24.8 Å². The van der Waals surface area contributed by atoms with Crippen molar-refractivity contribution >= 4 is 43.6 Å². The fraction of sp³-hybridized carbons (Fsp3) is 0.292. The van der Waals surface area contributed by atoms with Crippen molar-refractivity contribution in [1.29, 1.82) is 0 Å². The number of hydrogen-bond donors (Lipinski definition) is 1. The minimum absolute atomic E-state index is 0.130. The molecular formula is C24H21BrF2N4O. The van der Waals surface area contributed by atoms with Crippen LogP contribution in [-0.4, -0.2) is 34.0 Å². The SMILES string of the molecule is Cc1nccc2[nH]c(-c3cc4ccccc4nc3N3CCCC(F)(F)CC3)c(Br)c(=O)c12. The Hall–Kier alpha value is -2.87. The molecular weight excluding hydrogens is 478 g/mol. The molecule has 0 radical (unpaired) electrons. The lowest BCUT2D eigenvalue weighted by atomic mass is 10.1. The summed E-state index contributed by atoms with van der Waals surface area (Å²) in [5.41, 5.74) is 3.21. The van der Waals surface area contributed by atoms with Crippen molar-refractivity contribution in [3.05, 3.63) is 63.0 Å². The Bertz CT molecular complexity index is 1400. The number of aromatic amines is 1. The van der Waals surface area contributed by atoms with Crippen LogP contribution in [0.5, 0.6) is 0 Å². The maximum absolute atomic E-state index is 14.1. The minimum Gasteiger partial charge on any atom is -0.356 e. The highest BCUT2D eigenvalue weighted by Gasteiger charge is 2.33. The molecule has 5 rings (SSSR count). The van der Waals surface area contributed by atoms with Crippen LogP contribution in [0.15, 0.2) is 51.9 Å². The lowest BCUT2D eigenvalue weighted by Gasteiger charge is -2.25. The van der Waals surface area contributed by atoms with Gasteiger partial charge < -0.3 is 9.88 Å². The van der Waals surface area contributed by atoms with Crippen LogP contribution in [0.1, 0.15) is 25.0 Å². The van der Waals surface area contributed by atoms with Gasteiger partial charge in [-0.3, -0.25) is 9.78 Å². The molecule has 0 unspecified atom stereocenters. The maximum atomic E-state index is 14.1. The highest BCUT2D eigenvalue weighted by molar-refractivity contribution is 9.10. The monoisotopic (exact) mass is 498 g/mol. The third-order valence-corrected chi connectivity index (χ3v) is 6.79. The first-order valence-electron chi connectivity index (χ1n) is 10.5. The molecule has 0 bridgehead atoms. The molecule has 0 spiro atoms. The number of H-pyrrole nitrogens is 1. The number of alkyl halides is 2. The molecule has 1 fully saturated rings. The van der Waals surface area contributed by atoms with Crippen LogP contribution in [0.2, 0.25) is 0 Å². The number of hydrogen-bond acceptors (Lipinski definition) is 4. The first-order chi connectivity index (χ1) is 15.3. The highest BCUT2D eigenvalue weighted by atomic mass is 79.9. The van der Waals surface area contributed by atoms with Gasteiger partial charge >= 0.3 is 0 Å². The maximum Gasteiger partial charge on any atom is 0.249 e. The number of nitrogens with zero attached hydrogens (tertiary/aromatic N) is 3. The number of para-hydroxylation sites is 1. The van der Waals surface area contributed by atoms with Crippen molar-refractivity contribution < 1.29 is 8.78 Å². The van der Waals surface area contributed by atoms with E-state index in [0.29, 0.717) is 51.1 Å². The summed E-state index contributed by atoms with van der Waals surface area (Å²) < 4.78 is 28.5.